The smallest absolute Gasteiger partial charge is 0.0831 e. The highest BCUT2D eigenvalue weighted by atomic mass is 16.5. The zero-order valence-electron chi connectivity index (χ0n) is 9.01. The first-order valence-corrected chi connectivity index (χ1v) is 5.56. The molecular formula is C10H21N3O. The number of hydrogen-bond donors (Lipinski definition) is 2. The van der Waals surface area contributed by atoms with E-state index < -0.39 is 0 Å². The van der Waals surface area contributed by atoms with E-state index in [4.69, 9.17) is 4.74 Å². The molecular weight excluding hydrogens is 178 g/mol. The van der Waals surface area contributed by atoms with Gasteiger partial charge in [0.25, 0.3) is 0 Å². The fourth-order valence-electron chi connectivity index (χ4n) is 2.37. The Labute approximate surface area is 86.0 Å². The first-order chi connectivity index (χ1) is 6.85. The summed E-state index contributed by atoms with van der Waals surface area (Å²) in [5, 5.41) is 6.63. The van der Waals surface area contributed by atoms with Crippen molar-refractivity contribution in [3.05, 3.63) is 0 Å². The van der Waals surface area contributed by atoms with Gasteiger partial charge in [-0.25, -0.2) is 0 Å². The van der Waals surface area contributed by atoms with Gasteiger partial charge in [0.1, 0.15) is 0 Å². The summed E-state index contributed by atoms with van der Waals surface area (Å²) in [5.41, 5.74) is 0.155. The average Bonchev–Trinajstić information content (AvgIpc) is 2.24. The van der Waals surface area contributed by atoms with E-state index in [9.17, 15) is 0 Å². The zero-order valence-corrected chi connectivity index (χ0v) is 9.01. The Morgan fingerprint density at radius 3 is 2.79 bits per heavy atom. The highest BCUT2D eigenvalue weighted by molar-refractivity contribution is 4.91. The maximum atomic E-state index is 5.92. The standard InChI is InChI=1S/C10H21N3O/c1-11-9-13-5-2-10(3-6-13)8-12-4-7-14-10/h11-12H,2-9H2,1H3. The number of hydrogen-bond acceptors (Lipinski definition) is 4. The summed E-state index contributed by atoms with van der Waals surface area (Å²) in [5.74, 6) is 0. The molecule has 0 bridgehead atoms. The van der Waals surface area contributed by atoms with Gasteiger partial charge in [0.2, 0.25) is 0 Å². The summed E-state index contributed by atoms with van der Waals surface area (Å²) in [6.45, 7) is 6.25. The first kappa shape index (κ1) is 10.4. The van der Waals surface area contributed by atoms with Crippen molar-refractivity contribution in [1.29, 1.82) is 0 Å². The molecule has 2 heterocycles. The van der Waals surface area contributed by atoms with Gasteiger partial charge in [0.05, 0.1) is 12.2 Å². The van der Waals surface area contributed by atoms with E-state index in [0.717, 1.165) is 39.5 Å². The molecule has 2 N–H and O–H groups in total. The van der Waals surface area contributed by atoms with Gasteiger partial charge >= 0.3 is 0 Å². The van der Waals surface area contributed by atoms with Gasteiger partial charge in [-0.2, -0.15) is 0 Å². The van der Waals surface area contributed by atoms with Crippen molar-refractivity contribution in [3.8, 4) is 0 Å². The number of morpholine rings is 1. The molecule has 4 heteroatoms. The van der Waals surface area contributed by atoms with Gasteiger partial charge in [-0.3, -0.25) is 4.90 Å². The molecule has 0 aromatic rings. The molecule has 1 spiro atoms. The van der Waals surface area contributed by atoms with Gasteiger partial charge < -0.3 is 15.4 Å². The number of ether oxygens (including phenoxy) is 1. The van der Waals surface area contributed by atoms with Crippen molar-refractivity contribution < 1.29 is 4.74 Å². The summed E-state index contributed by atoms with van der Waals surface area (Å²) in [6.07, 6.45) is 2.34. The van der Waals surface area contributed by atoms with Crippen LogP contribution in [0.15, 0.2) is 0 Å². The molecule has 0 aliphatic carbocycles. The predicted molar refractivity (Wildman–Crippen MR) is 56.3 cm³/mol. The monoisotopic (exact) mass is 199 g/mol. The number of likely N-dealkylation sites (tertiary alicyclic amines) is 1. The number of piperidine rings is 1. The fourth-order valence-corrected chi connectivity index (χ4v) is 2.37. The van der Waals surface area contributed by atoms with Crippen LogP contribution < -0.4 is 10.6 Å². The van der Waals surface area contributed by atoms with Crippen molar-refractivity contribution in [2.75, 3.05) is 46.5 Å². The second kappa shape index (κ2) is 4.57. The third kappa shape index (κ3) is 2.25. The first-order valence-electron chi connectivity index (χ1n) is 5.56. The summed E-state index contributed by atoms with van der Waals surface area (Å²) in [7, 11) is 2.00. The third-order valence-corrected chi connectivity index (χ3v) is 3.28. The highest BCUT2D eigenvalue weighted by Crippen LogP contribution is 2.26. The van der Waals surface area contributed by atoms with Crippen LogP contribution >= 0.6 is 0 Å². The Hall–Kier alpha value is -0.160. The van der Waals surface area contributed by atoms with Gasteiger partial charge in [-0.1, -0.05) is 0 Å². The Morgan fingerprint density at radius 1 is 1.43 bits per heavy atom. The Bertz CT molecular complexity index is 170. The van der Waals surface area contributed by atoms with Crippen molar-refractivity contribution in [1.82, 2.24) is 15.5 Å². The molecule has 0 radical (unpaired) electrons. The highest BCUT2D eigenvalue weighted by Gasteiger charge is 2.36. The topological polar surface area (TPSA) is 36.5 Å². The second-order valence-electron chi connectivity index (χ2n) is 4.34. The SMILES string of the molecule is CNCN1CCC2(CC1)CNCCO2. The summed E-state index contributed by atoms with van der Waals surface area (Å²) >= 11 is 0. The van der Waals surface area contributed by atoms with Crippen LogP contribution in [0, 0.1) is 0 Å². The minimum absolute atomic E-state index is 0.155. The Balaban J connectivity index is 1.81. The molecule has 0 atom stereocenters. The van der Waals surface area contributed by atoms with E-state index in [1.165, 1.54) is 12.8 Å². The minimum atomic E-state index is 0.155. The molecule has 14 heavy (non-hydrogen) atoms. The van der Waals surface area contributed by atoms with Crippen molar-refractivity contribution in [3.63, 3.8) is 0 Å². The van der Waals surface area contributed by atoms with Crippen molar-refractivity contribution in [2.45, 2.75) is 18.4 Å². The van der Waals surface area contributed by atoms with E-state index >= 15 is 0 Å². The van der Waals surface area contributed by atoms with E-state index in [-0.39, 0.29) is 5.60 Å². The molecule has 0 unspecified atom stereocenters. The molecule has 0 aromatic heterocycles. The Kier molecular flexibility index (Phi) is 3.38. The van der Waals surface area contributed by atoms with Crippen LogP contribution in [0.4, 0.5) is 0 Å². The van der Waals surface area contributed by atoms with Crippen LogP contribution in [0.5, 0.6) is 0 Å². The summed E-state index contributed by atoms with van der Waals surface area (Å²) in [6, 6.07) is 0. The molecule has 82 valence electrons. The quantitative estimate of drug-likeness (QED) is 0.635. The maximum absolute atomic E-state index is 5.92. The van der Waals surface area contributed by atoms with Crippen LogP contribution in [-0.2, 0) is 4.74 Å². The average molecular weight is 199 g/mol. The lowest BCUT2D eigenvalue weighted by Gasteiger charge is -2.44. The second-order valence-corrected chi connectivity index (χ2v) is 4.34. The van der Waals surface area contributed by atoms with E-state index in [2.05, 4.69) is 15.5 Å². The normalized spacial score (nSPS) is 28.1. The molecule has 0 amide bonds. The molecule has 2 fully saturated rings. The molecule has 2 aliphatic heterocycles. The lowest BCUT2D eigenvalue weighted by Crippen LogP contribution is -2.56. The van der Waals surface area contributed by atoms with E-state index in [0.29, 0.717) is 0 Å². The number of rotatable bonds is 2. The molecule has 4 nitrogen and oxygen atoms in total. The molecule has 2 rings (SSSR count). The van der Waals surface area contributed by atoms with Gasteiger partial charge in [0.15, 0.2) is 0 Å². The summed E-state index contributed by atoms with van der Waals surface area (Å²) < 4.78 is 5.92. The van der Waals surface area contributed by atoms with Gasteiger partial charge in [-0.15, -0.1) is 0 Å². The van der Waals surface area contributed by atoms with Crippen molar-refractivity contribution >= 4 is 0 Å². The largest absolute Gasteiger partial charge is 0.372 e. The number of nitrogens with zero attached hydrogens (tertiary/aromatic N) is 1. The van der Waals surface area contributed by atoms with Crippen molar-refractivity contribution in [2.24, 2.45) is 0 Å². The third-order valence-electron chi connectivity index (χ3n) is 3.28. The molecule has 0 saturated carbocycles. The van der Waals surface area contributed by atoms with E-state index in [1.807, 2.05) is 7.05 Å². The van der Waals surface area contributed by atoms with Crippen LogP contribution in [-0.4, -0.2) is 57.0 Å². The molecule has 2 saturated heterocycles. The lowest BCUT2D eigenvalue weighted by molar-refractivity contribution is -0.1000. The fraction of sp³-hybridized carbons (Fsp3) is 1.00. The molecule has 0 aromatic carbocycles. The Morgan fingerprint density at radius 2 is 2.21 bits per heavy atom. The predicted octanol–water partition coefficient (Wildman–Crippen LogP) is -0.382. The minimum Gasteiger partial charge on any atom is -0.372 e. The van der Waals surface area contributed by atoms with Crippen LogP contribution in [0.3, 0.4) is 0 Å². The van der Waals surface area contributed by atoms with Gasteiger partial charge in [0, 0.05) is 32.8 Å². The van der Waals surface area contributed by atoms with Crippen LogP contribution in [0.2, 0.25) is 0 Å². The zero-order chi connectivity index (χ0) is 9.86. The molecule has 2 aliphatic rings. The maximum Gasteiger partial charge on any atom is 0.0831 e. The van der Waals surface area contributed by atoms with Gasteiger partial charge in [-0.05, 0) is 19.9 Å². The lowest BCUT2D eigenvalue weighted by atomic mass is 9.90. The number of nitrogens with one attached hydrogen (secondary N) is 2. The van der Waals surface area contributed by atoms with Crippen LogP contribution in [0.1, 0.15) is 12.8 Å². The van der Waals surface area contributed by atoms with Crippen LogP contribution in [0.25, 0.3) is 0 Å². The summed E-state index contributed by atoms with van der Waals surface area (Å²) in [4.78, 5) is 2.45. The van der Waals surface area contributed by atoms with E-state index in [1.54, 1.807) is 0 Å².